The molecule has 0 fully saturated rings. The predicted octanol–water partition coefficient (Wildman–Crippen LogP) is 4.96. The standard InChI is InChI=1S/C15H13Cl/c1-3-12-8-11(2)9-13(10-12)14-6-4-5-7-15(14)16/h3-10H,1H2,2H3. The molecule has 0 saturated carbocycles. The van der Waals surface area contributed by atoms with Gasteiger partial charge in [-0.3, -0.25) is 0 Å². The van der Waals surface area contributed by atoms with Crippen molar-refractivity contribution in [2.24, 2.45) is 0 Å². The first-order valence-electron chi connectivity index (χ1n) is 5.20. The molecule has 16 heavy (non-hydrogen) atoms. The normalized spacial score (nSPS) is 10.1. The molecule has 2 aromatic rings. The van der Waals surface area contributed by atoms with Gasteiger partial charge in [-0.2, -0.15) is 0 Å². The molecule has 0 aliphatic rings. The van der Waals surface area contributed by atoms with Crippen LogP contribution >= 0.6 is 11.6 Å². The summed E-state index contributed by atoms with van der Waals surface area (Å²) >= 11 is 6.18. The van der Waals surface area contributed by atoms with Gasteiger partial charge in [0.2, 0.25) is 0 Å². The van der Waals surface area contributed by atoms with Crippen LogP contribution in [0.4, 0.5) is 0 Å². The van der Waals surface area contributed by atoms with E-state index in [-0.39, 0.29) is 0 Å². The molecule has 0 aromatic heterocycles. The van der Waals surface area contributed by atoms with E-state index in [2.05, 4.69) is 31.7 Å². The third-order valence-electron chi connectivity index (χ3n) is 2.52. The van der Waals surface area contributed by atoms with E-state index in [4.69, 9.17) is 11.6 Å². The van der Waals surface area contributed by atoms with Crippen LogP contribution in [0, 0.1) is 6.92 Å². The van der Waals surface area contributed by atoms with E-state index in [1.165, 1.54) is 5.56 Å². The van der Waals surface area contributed by atoms with Gasteiger partial charge < -0.3 is 0 Å². The zero-order chi connectivity index (χ0) is 11.5. The van der Waals surface area contributed by atoms with E-state index >= 15 is 0 Å². The Morgan fingerprint density at radius 3 is 2.56 bits per heavy atom. The molecule has 0 spiro atoms. The highest BCUT2D eigenvalue weighted by atomic mass is 35.5. The largest absolute Gasteiger partial charge is 0.0985 e. The lowest BCUT2D eigenvalue weighted by Gasteiger charge is -2.07. The number of halogens is 1. The maximum absolute atomic E-state index is 6.18. The van der Waals surface area contributed by atoms with E-state index in [0.29, 0.717) is 0 Å². The summed E-state index contributed by atoms with van der Waals surface area (Å²) in [6.07, 6.45) is 1.85. The van der Waals surface area contributed by atoms with Gasteiger partial charge in [0.05, 0.1) is 0 Å². The van der Waals surface area contributed by atoms with Crippen LogP contribution in [-0.2, 0) is 0 Å². The molecule has 0 unspecified atom stereocenters. The Kier molecular flexibility index (Phi) is 3.12. The lowest BCUT2D eigenvalue weighted by Crippen LogP contribution is -1.83. The van der Waals surface area contributed by atoms with Crippen LogP contribution < -0.4 is 0 Å². The molecule has 0 saturated heterocycles. The van der Waals surface area contributed by atoms with E-state index in [1.807, 2.05) is 30.3 Å². The van der Waals surface area contributed by atoms with Crippen molar-refractivity contribution in [2.75, 3.05) is 0 Å². The first kappa shape index (κ1) is 11.0. The molecule has 0 N–H and O–H groups in total. The molecular weight excluding hydrogens is 216 g/mol. The SMILES string of the molecule is C=Cc1cc(C)cc(-c2ccccc2Cl)c1. The lowest BCUT2D eigenvalue weighted by molar-refractivity contribution is 1.45. The van der Waals surface area contributed by atoms with Crippen molar-refractivity contribution in [3.8, 4) is 11.1 Å². The molecule has 2 rings (SSSR count). The first-order valence-corrected chi connectivity index (χ1v) is 5.57. The highest BCUT2D eigenvalue weighted by Gasteiger charge is 2.03. The van der Waals surface area contributed by atoms with Gasteiger partial charge in [0, 0.05) is 10.6 Å². The van der Waals surface area contributed by atoms with Crippen LogP contribution in [0.5, 0.6) is 0 Å². The summed E-state index contributed by atoms with van der Waals surface area (Å²) in [5.74, 6) is 0. The van der Waals surface area contributed by atoms with Gasteiger partial charge in [-0.15, -0.1) is 0 Å². The van der Waals surface area contributed by atoms with E-state index in [0.717, 1.165) is 21.7 Å². The summed E-state index contributed by atoms with van der Waals surface area (Å²) in [4.78, 5) is 0. The summed E-state index contributed by atoms with van der Waals surface area (Å²) in [6.45, 7) is 5.87. The van der Waals surface area contributed by atoms with Crippen LogP contribution in [-0.4, -0.2) is 0 Å². The molecule has 1 heteroatoms. The van der Waals surface area contributed by atoms with Crippen LogP contribution in [0.2, 0.25) is 5.02 Å². The van der Waals surface area contributed by atoms with Gasteiger partial charge in [0.25, 0.3) is 0 Å². The molecule has 0 bridgehead atoms. The van der Waals surface area contributed by atoms with Gasteiger partial charge in [-0.25, -0.2) is 0 Å². The molecule has 0 nitrogen and oxygen atoms in total. The third-order valence-corrected chi connectivity index (χ3v) is 2.85. The molecule has 0 heterocycles. The molecule has 80 valence electrons. The lowest BCUT2D eigenvalue weighted by atomic mass is 10.0. The monoisotopic (exact) mass is 228 g/mol. The summed E-state index contributed by atoms with van der Waals surface area (Å²) in [6, 6.07) is 14.2. The fourth-order valence-electron chi connectivity index (χ4n) is 1.78. The topological polar surface area (TPSA) is 0 Å². The molecule has 0 aliphatic heterocycles. The van der Waals surface area contributed by atoms with Gasteiger partial charge in [0.15, 0.2) is 0 Å². The third kappa shape index (κ3) is 2.17. The smallest absolute Gasteiger partial charge is 0.0484 e. The fraction of sp³-hybridized carbons (Fsp3) is 0.0667. The summed E-state index contributed by atoms with van der Waals surface area (Å²) in [5.41, 5.74) is 4.54. The minimum atomic E-state index is 0.781. The van der Waals surface area contributed by atoms with E-state index in [1.54, 1.807) is 0 Å². The molecule has 0 radical (unpaired) electrons. The second-order valence-electron chi connectivity index (χ2n) is 3.82. The zero-order valence-electron chi connectivity index (χ0n) is 9.20. The molecule has 0 amide bonds. The summed E-state index contributed by atoms with van der Waals surface area (Å²) in [5, 5.41) is 0.781. The first-order chi connectivity index (χ1) is 7.70. The molecule has 0 aliphatic carbocycles. The Bertz CT molecular complexity index is 527. The van der Waals surface area contributed by atoms with E-state index in [9.17, 15) is 0 Å². The van der Waals surface area contributed by atoms with Crippen LogP contribution in [0.15, 0.2) is 49.0 Å². The highest BCUT2D eigenvalue weighted by molar-refractivity contribution is 6.33. The average molecular weight is 229 g/mol. The molecular formula is C15H13Cl. The molecule has 0 atom stereocenters. The Morgan fingerprint density at radius 2 is 1.88 bits per heavy atom. The van der Waals surface area contributed by atoms with Crippen LogP contribution in [0.25, 0.3) is 17.2 Å². The van der Waals surface area contributed by atoms with Crippen molar-refractivity contribution in [3.63, 3.8) is 0 Å². The van der Waals surface area contributed by atoms with Gasteiger partial charge >= 0.3 is 0 Å². The maximum Gasteiger partial charge on any atom is 0.0484 e. The maximum atomic E-state index is 6.18. The Labute approximate surface area is 101 Å². The van der Waals surface area contributed by atoms with Crippen molar-refractivity contribution in [1.29, 1.82) is 0 Å². The average Bonchev–Trinajstić information content (AvgIpc) is 2.28. The van der Waals surface area contributed by atoms with Crippen molar-refractivity contribution in [3.05, 3.63) is 65.2 Å². The Hall–Kier alpha value is -1.53. The number of benzene rings is 2. The number of hydrogen-bond acceptors (Lipinski definition) is 0. The van der Waals surface area contributed by atoms with E-state index < -0.39 is 0 Å². The summed E-state index contributed by atoms with van der Waals surface area (Å²) < 4.78 is 0. The van der Waals surface area contributed by atoms with Crippen molar-refractivity contribution in [2.45, 2.75) is 6.92 Å². The van der Waals surface area contributed by atoms with Gasteiger partial charge in [0.1, 0.15) is 0 Å². The zero-order valence-corrected chi connectivity index (χ0v) is 9.96. The minimum absolute atomic E-state index is 0.781. The fourth-order valence-corrected chi connectivity index (χ4v) is 2.03. The Balaban J connectivity index is 2.60. The van der Waals surface area contributed by atoms with Crippen molar-refractivity contribution in [1.82, 2.24) is 0 Å². The van der Waals surface area contributed by atoms with Crippen LogP contribution in [0.3, 0.4) is 0 Å². The Morgan fingerprint density at radius 1 is 1.12 bits per heavy atom. The quantitative estimate of drug-likeness (QED) is 0.682. The highest BCUT2D eigenvalue weighted by Crippen LogP contribution is 2.29. The second-order valence-corrected chi connectivity index (χ2v) is 4.22. The predicted molar refractivity (Wildman–Crippen MR) is 71.7 cm³/mol. The number of rotatable bonds is 2. The molecule has 2 aromatic carbocycles. The minimum Gasteiger partial charge on any atom is -0.0985 e. The number of aryl methyl sites for hydroxylation is 1. The van der Waals surface area contributed by atoms with Crippen LogP contribution in [0.1, 0.15) is 11.1 Å². The van der Waals surface area contributed by atoms with Gasteiger partial charge in [-0.05, 0) is 35.7 Å². The second kappa shape index (κ2) is 4.54. The van der Waals surface area contributed by atoms with Gasteiger partial charge in [-0.1, -0.05) is 54.6 Å². The number of hydrogen-bond donors (Lipinski definition) is 0. The van der Waals surface area contributed by atoms with Crippen molar-refractivity contribution >= 4 is 17.7 Å². The van der Waals surface area contributed by atoms with Crippen molar-refractivity contribution < 1.29 is 0 Å². The summed E-state index contributed by atoms with van der Waals surface area (Å²) in [7, 11) is 0.